The van der Waals surface area contributed by atoms with Gasteiger partial charge in [0.05, 0.1) is 18.1 Å². The minimum atomic E-state index is -3.26. The van der Waals surface area contributed by atoms with Gasteiger partial charge in [-0.25, -0.2) is 8.42 Å². The van der Waals surface area contributed by atoms with Crippen LogP contribution in [0.2, 0.25) is 0 Å². The molecule has 1 saturated heterocycles. The molecule has 8 heteroatoms. The molecular formula is C12H20O6S2. The number of carboxylic acid groups (broad SMARTS) is 1. The third-order valence-electron chi connectivity index (χ3n) is 3.65. The van der Waals surface area contributed by atoms with Gasteiger partial charge in [0.2, 0.25) is 0 Å². The summed E-state index contributed by atoms with van der Waals surface area (Å²) in [4.78, 5) is 23.9. The number of carboxylic acids is 1. The van der Waals surface area contributed by atoms with Gasteiger partial charge in [0.15, 0.2) is 15.3 Å². The largest absolute Gasteiger partial charge is 0.480 e. The van der Waals surface area contributed by atoms with Crippen molar-refractivity contribution in [1.29, 1.82) is 0 Å². The molecule has 0 spiro atoms. The van der Waals surface area contributed by atoms with Crippen molar-refractivity contribution in [3.8, 4) is 0 Å². The molecule has 2 unspecified atom stereocenters. The van der Waals surface area contributed by atoms with Crippen LogP contribution in [0.4, 0.5) is 0 Å². The van der Waals surface area contributed by atoms with E-state index < -0.39 is 33.1 Å². The monoisotopic (exact) mass is 324 g/mol. The van der Waals surface area contributed by atoms with Crippen molar-refractivity contribution in [3.05, 3.63) is 0 Å². The van der Waals surface area contributed by atoms with E-state index in [0.29, 0.717) is 5.75 Å². The van der Waals surface area contributed by atoms with E-state index in [0.717, 1.165) is 0 Å². The molecule has 0 aliphatic carbocycles. The summed E-state index contributed by atoms with van der Waals surface area (Å²) < 4.78 is 28.2. The highest BCUT2D eigenvalue weighted by Crippen LogP contribution is 2.41. The first-order chi connectivity index (χ1) is 9.30. The predicted octanol–water partition coefficient (Wildman–Crippen LogP) is 0.808. The van der Waals surface area contributed by atoms with Gasteiger partial charge in [0, 0.05) is 5.92 Å². The number of carbonyl (C=O) groups is 2. The third kappa shape index (κ3) is 3.46. The van der Waals surface area contributed by atoms with Crippen LogP contribution in [0, 0.1) is 11.3 Å². The van der Waals surface area contributed by atoms with Gasteiger partial charge in [0.25, 0.3) is 0 Å². The van der Waals surface area contributed by atoms with E-state index in [9.17, 15) is 23.1 Å². The second-order valence-corrected chi connectivity index (χ2v) is 8.05. The lowest BCUT2D eigenvalue weighted by Gasteiger charge is -2.31. The molecule has 0 aromatic carbocycles. The van der Waals surface area contributed by atoms with E-state index in [1.807, 2.05) is 6.26 Å². The SMILES string of the molecule is CCOC(=O)C(CCSC)(C(=O)O)C1CCS(=O)(=O)C1. The summed E-state index contributed by atoms with van der Waals surface area (Å²) in [6.45, 7) is 1.68. The smallest absolute Gasteiger partial charge is 0.323 e. The molecule has 1 aliphatic rings. The van der Waals surface area contributed by atoms with E-state index in [1.54, 1.807) is 6.92 Å². The molecule has 20 heavy (non-hydrogen) atoms. The molecule has 6 nitrogen and oxygen atoms in total. The first-order valence-corrected chi connectivity index (χ1v) is 9.61. The van der Waals surface area contributed by atoms with Crippen LogP contribution in [0.25, 0.3) is 0 Å². The fraction of sp³-hybridized carbons (Fsp3) is 0.833. The summed E-state index contributed by atoms with van der Waals surface area (Å²) in [5.41, 5.74) is -1.75. The van der Waals surface area contributed by atoms with Gasteiger partial charge < -0.3 is 9.84 Å². The average Bonchev–Trinajstić information content (AvgIpc) is 2.71. The number of thioether (sulfide) groups is 1. The Hall–Kier alpha value is -0.760. The first-order valence-electron chi connectivity index (χ1n) is 6.40. The number of rotatable bonds is 7. The maximum Gasteiger partial charge on any atom is 0.323 e. The Labute approximate surface area is 123 Å². The van der Waals surface area contributed by atoms with Gasteiger partial charge in [-0.1, -0.05) is 0 Å². The quantitative estimate of drug-likeness (QED) is 0.546. The zero-order valence-electron chi connectivity index (χ0n) is 11.6. The van der Waals surface area contributed by atoms with Crippen molar-refractivity contribution < 1.29 is 27.9 Å². The number of esters is 1. The van der Waals surface area contributed by atoms with Gasteiger partial charge >= 0.3 is 11.9 Å². The van der Waals surface area contributed by atoms with Crippen LogP contribution in [0.15, 0.2) is 0 Å². The highest BCUT2D eigenvalue weighted by molar-refractivity contribution is 7.98. The molecule has 1 rings (SSSR count). The van der Waals surface area contributed by atoms with E-state index in [-0.39, 0.29) is 31.0 Å². The lowest BCUT2D eigenvalue weighted by molar-refractivity contribution is -0.172. The molecule has 1 aliphatic heterocycles. The van der Waals surface area contributed by atoms with Crippen LogP contribution in [0.1, 0.15) is 19.8 Å². The van der Waals surface area contributed by atoms with Crippen molar-refractivity contribution >= 4 is 33.5 Å². The topological polar surface area (TPSA) is 97.7 Å². The average molecular weight is 324 g/mol. The van der Waals surface area contributed by atoms with Crippen LogP contribution < -0.4 is 0 Å². The lowest BCUT2D eigenvalue weighted by Crippen LogP contribution is -2.48. The number of aliphatic carboxylic acids is 1. The standard InChI is InChI=1S/C12H20O6S2/c1-3-18-11(15)12(10(13)14,5-6-19-2)9-4-7-20(16,17)8-9/h9H,3-8H2,1-2H3,(H,13,14). The highest BCUT2D eigenvalue weighted by Gasteiger charge is 2.56. The summed E-state index contributed by atoms with van der Waals surface area (Å²) in [5, 5.41) is 9.57. The molecule has 0 bridgehead atoms. The molecule has 0 amide bonds. The molecular weight excluding hydrogens is 304 g/mol. The molecule has 116 valence electrons. The van der Waals surface area contributed by atoms with Crippen LogP contribution in [0.3, 0.4) is 0 Å². The maximum atomic E-state index is 12.2. The third-order valence-corrected chi connectivity index (χ3v) is 6.03. The number of ether oxygens (including phenoxy) is 1. The maximum absolute atomic E-state index is 12.2. The normalized spacial score (nSPS) is 24.0. The zero-order valence-corrected chi connectivity index (χ0v) is 13.3. The number of hydrogen-bond acceptors (Lipinski definition) is 6. The van der Waals surface area contributed by atoms with Gasteiger partial charge in [0.1, 0.15) is 0 Å². The minimum absolute atomic E-state index is 0.0641. The number of sulfone groups is 1. The fourth-order valence-corrected chi connectivity index (χ4v) is 4.95. The zero-order chi connectivity index (χ0) is 15.4. The van der Waals surface area contributed by atoms with Crippen molar-refractivity contribution in [2.45, 2.75) is 19.8 Å². The number of hydrogen-bond donors (Lipinski definition) is 1. The molecule has 1 heterocycles. The van der Waals surface area contributed by atoms with Gasteiger partial charge in [-0.05, 0) is 31.8 Å². The lowest BCUT2D eigenvalue weighted by atomic mass is 9.72. The summed E-state index contributed by atoms with van der Waals surface area (Å²) in [7, 11) is -3.26. The van der Waals surface area contributed by atoms with E-state index >= 15 is 0 Å². The van der Waals surface area contributed by atoms with Gasteiger partial charge in [-0.15, -0.1) is 0 Å². The molecule has 0 radical (unpaired) electrons. The van der Waals surface area contributed by atoms with E-state index in [1.165, 1.54) is 11.8 Å². The highest BCUT2D eigenvalue weighted by atomic mass is 32.2. The van der Waals surface area contributed by atoms with Crippen molar-refractivity contribution in [3.63, 3.8) is 0 Å². The Bertz CT molecular complexity index is 472. The molecule has 0 saturated carbocycles. The molecule has 1 N–H and O–H groups in total. The summed E-state index contributed by atoms with van der Waals surface area (Å²) in [6, 6.07) is 0. The Balaban J connectivity index is 3.16. The Morgan fingerprint density at radius 3 is 2.50 bits per heavy atom. The Kier molecular flexibility index (Phi) is 5.88. The van der Waals surface area contributed by atoms with Gasteiger partial charge in [-0.2, -0.15) is 11.8 Å². The first kappa shape index (κ1) is 17.3. The van der Waals surface area contributed by atoms with Crippen molar-refractivity contribution in [1.82, 2.24) is 0 Å². The van der Waals surface area contributed by atoms with E-state index in [2.05, 4.69) is 0 Å². The van der Waals surface area contributed by atoms with Crippen LogP contribution in [-0.2, 0) is 24.2 Å². The predicted molar refractivity (Wildman–Crippen MR) is 76.5 cm³/mol. The molecule has 2 atom stereocenters. The molecule has 0 aromatic rings. The second-order valence-electron chi connectivity index (χ2n) is 4.84. The van der Waals surface area contributed by atoms with Gasteiger partial charge in [-0.3, -0.25) is 9.59 Å². The van der Waals surface area contributed by atoms with Crippen molar-refractivity contribution in [2.24, 2.45) is 11.3 Å². The van der Waals surface area contributed by atoms with Crippen LogP contribution in [-0.4, -0.2) is 55.6 Å². The van der Waals surface area contributed by atoms with Crippen LogP contribution >= 0.6 is 11.8 Å². The molecule has 0 aromatic heterocycles. The fourth-order valence-electron chi connectivity index (χ4n) is 2.55. The summed E-state index contributed by atoms with van der Waals surface area (Å²) in [5.74, 6) is -2.67. The van der Waals surface area contributed by atoms with Crippen LogP contribution in [0.5, 0.6) is 0 Å². The Morgan fingerprint density at radius 1 is 1.45 bits per heavy atom. The Morgan fingerprint density at radius 2 is 2.10 bits per heavy atom. The minimum Gasteiger partial charge on any atom is -0.480 e. The summed E-state index contributed by atoms with van der Waals surface area (Å²) >= 11 is 1.42. The van der Waals surface area contributed by atoms with Crippen molar-refractivity contribution in [2.75, 3.05) is 30.1 Å². The number of carbonyl (C=O) groups excluding carboxylic acids is 1. The second kappa shape index (κ2) is 6.80. The van der Waals surface area contributed by atoms with E-state index in [4.69, 9.17) is 4.74 Å². The molecule has 1 fully saturated rings. The summed E-state index contributed by atoms with van der Waals surface area (Å²) in [6.07, 6.45) is 2.09.